The summed E-state index contributed by atoms with van der Waals surface area (Å²) in [4.78, 5) is 8.50. The molecule has 4 heteroatoms. The lowest BCUT2D eigenvalue weighted by Crippen LogP contribution is -2.02. The Balaban J connectivity index is 2.23. The lowest BCUT2D eigenvalue weighted by Gasteiger charge is -2.08. The van der Waals surface area contributed by atoms with Crippen molar-refractivity contribution in [3.63, 3.8) is 0 Å². The second-order valence-corrected chi connectivity index (χ2v) is 5.71. The molecule has 2 rings (SSSR count). The summed E-state index contributed by atoms with van der Waals surface area (Å²) in [5.74, 6) is 1.37. The maximum atomic E-state index is 5.97. The van der Waals surface area contributed by atoms with Crippen molar-refractivity contribution < 1.29 is 0 Å². The molecule has 0 aliphatic carbocycles. The minimum Gasteiger partial charge on any atom is -0.383 e. The Morgan fingerprint density at radius 3 is 2.63 bits per heavy atom. The van der Waals surface area contributed by atoms with E-state index >= 15 is 0 Å². The van der Waals surface area contributed by atoms with Crippen LogP contribution in [0.15, 0.2) is 6.33 Å². The molecule has 0 unspecified atom stereocenters. The van der Waals surface area contributed by atoms with E-state index in [0.717, 1.165) is 23.5 Å². The first-order valence-corrected chi connectivity index (χ1v) is 7.08. The Labute approximate surface area is 115 Å². The molecule has 0 saturated carbocycles. The van der Waals surface area contributed by atoms with Gasteiger partial charge in [-0.25, -0.2) is 9.97 Å². The minimum atomic E-state index is 0.589. The van der Waals surface area contributed by atoms with Gasteiger partial charge < -0.3 is 10.3 Å². The number of unbranched alkanes of at least 4 members (excludes halogenated alkanes) is 1. The summed E-state index contributed by atoms with van der Waals surface area (Å²) in [6.45, 7) is 9.79. The summed E-state index contributed by atoms with van der Waals surface area (Å²) in [6, 6.07) is 0. The highest BCUT2D eigenvalue weighted by Gasteiger charge is 2.14. The zero-order valence-electron chi connectivity index (χ0n) is 12.4. The highest BCUT2D eigenvalue weighted by Crippen LogP contribution is 2.27. The predicted molar refractivity (Wildman–Crippen MR) is 80.1 cm³/mol. The van der Waals surface area contributed by atoms with Gasteiger partial charge in [0.1, 0.15) is 17.8 Å². The van der Waals surface area contributed by atoms with Gasteiger partial charge in [0.25, 0.3) is 0 Å². The van der Waals surface area contributed by atoms with Crippen molar-refractivity contribution >= 4 is 16.9 Å². The Morgan fingerprint density at radius 2 is 1.95 bits per heavy atom. The SMILES string of the molecule is Cc1c(C)n(CCCCC(C)C)c2ncnc(N)c12. The average Bonchev–Trinajstić information content (AvgIpc) is 2.60. The number of aryl methyl sites for hydroxylation is 2. The molecular weight excluding hydrogens is 236 g/mol. The second kappa shape index (κ2) is 5.59. The van der Waals surface area contributed by atoms with Gasteiger partial charge in [-0.2, -0.15) is 0 Å². The summed E-state index contributed by atoms with van der Waals surface area (Å²) >= 11 is 0. The van der Waals surface area contributed by atoms with Gasteiger partial charge in [-0.3, -0.25) is 0 Å². The number of rotatable bonds is 5. The quantitative estimate of drug-likeness (QED) is 0.838. The number of nitrogens with zero attached hydrogens (tertiary/aromatic N) is 3. The van der Waals surface area contributed by atoms with E-state index in [4.69, 9.17) is 5.73 Å². The van der Waals surface area contributed by atoms with Gasteiger partial charge in [0, 0.05) is 12.2 Å². The molecule has 2 N–H and O–H groups in total. The molecule has 2 aromatic heterocycles. The third kappa shape index (κ3) is 2.72. The predicted octanol–water partition coefficient (Wildman–Crippen LogP) is 3.46. The van der Waals surface area contributed by atoms with Crippen LogP contribution in [0.2, 0.25) is 0 Å². The second-order valence-electron chi connectivity index (χ2n) is 5.71. The number of anilines is 1. The molecule has 0 bridgehead atoms. The van der Waals surface area contributed by atoms with E-state index in [9.17, 15) is 0 Å². The van der Waals surface area contributed by atoms with Crippen molar-refractivity contribution in [1.29, 1.82) is 0 Å². The van der Waals surface area contributed by atoms with Crippen molar-refractivity contribution in [2.24, 2.45) is 5.92 Å². The largest absolute Gasteiger partial charge is 0.383 e. The molecule has 0 fully saturated rings. The molecule has 0 saturated heterocycles. The number of hydrogen-bond acceptors (Lipinski definition) is 3. The molecule has 104 valence electrons. The molecule has 19 heavy (non-hydrogen) atoms. The fourth-order valence-electron chi connectivity index (χ4n) is 2.59. The molecule has 2 heterocycles. The molecule has 0 aromatic carbocycles. The van der Waals surface area contributed by atoms with E-state index in [1.54, 1.807) is 6.33 Å². The van der Waals surface area contributed by atoms with Crippen molar-refractivity contribution in [3.05, 3.63) is 17.6 Å². The zero-order chi connectivity index (χ0) is 14.0. The number of nitrogen functional groups attached to an aromatic ring is 1. The third-order valence-corrected chi connectivity index (χ3v) is 3.85. The van der Waals surface area contributed by atoms with Crippen LogP contribution < -0.4 is 5.73 Å². The van der Waals surface area contributed by atoms with Crippen LogP contribution >= 0.6 is 0 Å². The fourth-order valence-corrected chi connectivity index (χ4v) is 2.59. The van der Waals surface area contributed by atoms with Crippen LogP contribution in [-0.2, 0) is 6.54 Å². The van der Waals surface area contributed by atoms with Crippen LogP contribution in [0.5, 0.6) is 0 Å². The van der Waals surface area contributed by atoms with Gasteiger partial charge in [0.2, 0.25) is 0 Å². The van der Waals surface area contributed by atoms with E-state index in [-0.39, 0.29) is 0 Å². The van der Waals surface area contributed by atoms with E-state index in [1.807, 2.05) is 0 Å². The van der Waals surface area contributed by atoms with Crippen molar-refractivity contribution in [2.75, 3.05) is 5.73 Å². The Hall–Kier alpha value is -1.58. The molecule has 0 aliphatic rings. The Morgan fingerprint density at radius 1 is 1.21 bits per heavy atom. The summed E-state index contributed by atoms with van der Waals surface area (Å²) in [6.07, 6.45) is 5.29. The van der Waals surface area contributed by atoms with Gasteiger partial charge in [0.05, 0.1) is 5.39 Å². The smallest absolute Gasteiger partial charge is 0.145 e. The van der Waals surface area contributed by atoms with Crippen LogP contribution in [0.25, 0.3) is 11.0 Å². The van der Waals surface area contributed by atoms with E-state index in [2.05, 4.69) is 42.2 Å². The number of aromatic nitrogens is 3. The molecule has 0 radical (unpaired) electrons. The number of nitrogens with two attached hydrogens (primary N) is 1. The minimum absolute atomic E-state index is 0.589. The molecule has 2 aromatic rings. The van der Waals surface area contributed by atoms with E-state index < -0.39 is 0 Å². The molecule has 0 amide bonds. The Bertz CT molecular complexity index is 569. The summed E-state index contributed by atoms with van der Waals surface area (Å²) in [5.41, 5.74) is 9.41. The van der Waals surface area contributed by atoms with Crippen LogP contribution in [0, 0.1) is 19.8 Å². The van der Waals surface area contributed by atoms with Gasteiger partial charge in [-0.05, 0) is 31.7 Å². The summed E-state index contributed by atoms with van der Waals surface area (Å²) < 4.78 is 2.28. The normalized spacial score (nSPS) is 11.6. The number of fused-ring (bicyclic) bond motifs is 1. The molecule has 0 atom stereocenters. The topological polar surface area (TPSA) is 56.7 Å². The maximum absolute atomic E-state index is 5.97. The average molecular weight is 260 g/mol. The van der Waals surface area contributed by atoms with Crippen LogP contribution in [0.3, 0.4) is 0 Å². The first-order valence-electron chi connectivity index (χ1n) is 7.08. The highest BCUT2D eigenvalue weighted by molar-refractivity contribution is 5.90. The van der Waals surface area contributed by atoms with Crippen LogP contribution in [0.1, 0.15) is 44.4 Å². The molecular formula is C15H24N4. The lowest BCUT2D eigenvalue weighted by atomic mass is 10.1. The van der Waals surface area contributed by atoms with Crippen molar-refractivity contribution in [3.8, 4) is 0 Å². The maximum Gasteiger partial charge on any atom is 0.145 e. The molecule has 0 spiro atoms. The van der Waals surface area contributed by atoms with Gasteiger partial charge in [-0.1, -0.05) is 26.7 Å². The van der Waals surface area contributed by atoms with E-state index in [1.165, 1.54) is 30.5 Å². The summed E-state index contributed by atoms with van der Waals surface area (Å²) in [5, 5.41) is 1.02. The van der Waals surface area contributed by atoms with Crippen LogP contribution in [-0.4, -0.2) is 14.5 Å². The Kier molecular flexibility index (Phi) is 4.08. The molecule has 4 nitrogen and oxygen atoms in total. The van der Waals surface area contributed by atoms with Gasteiger partial charge in [0.15, 0.2) is 0 Å². The first kappa shape index (κ1) is 13.8. The summed E-state index contributed by atoms with van der Waals surface area (Å²) in [7, 11) is 0. The van der Waals surface area contributed by atoms with E-state index in [0.29, 0.717) is 5.82 Å². The standard InChI is InChI=1S/C15H24N4/c1-10(2)7-5-6-8-19-12(4)11(3)13-14(16)17-9-18-15(13)19/h9-10H,5-8H2,1-4H3,(H2,16,17,18). The third-order valence-electron chi connectivity index (χ3n) is 3.85. The fraction of sp³-hybridized carbons (Fsp3) is 0.600. The van der Waals surface area contributed by atoms with Gasteiger partial charge >= 0.3 is 0 Å². The van der Waals surface area contributed by atoms with Gasteiger partial charge in [-0.15, -0.1) is 0 Å². The monoisotopic (exact) mass is 260 g/mol. The molecule has 0 aliphatic heterocycles. The lowest BCUT2D eigenvalue weighted by molar-refractivity contribution is 0.510. The highest BCUT2D eigenvalue weighted by atomic mass is 15.1. The number of hydrogen-bond donors (Lipinski definition) is 1. The zero-order valence-corrected chi connectivity index (χ0v) is 12.4. The van der Waals surface area contributed by atoms with Crippen LogP contribution in [0.4, 0.5) is 5.82 Å². The van der Waals surface area contributed by atoms with Crippen molar-refractivity contribution in [2.45, 2.75) is 53.5 Å². The first-order chi connectivity index (χ1) is 9.02. The van der Waals surface area contributed by atoms with Crippen molar-refractivity contribution in [1.82, 2.24) is 14.5 Å².